The minimum Gasteiger partial charge on any atom is -0.481 e. The molecule has 15 heavy (non-hydrogen) atoms. The second-order valence-corrected chi connectivity index (χ2v) is 3.51. The summed E-state index contributed by atoms with van der Waals surface area (Å²) in [5.74, 6) is -1.31. The highest BCUT2D eigenvalue weighted by Gasteiger charge is 2.33. The van der Waals surface area contributed by atoms with E-state index in [1.165, 1.54) is 6.33 Å². The quantitative estimate of drug-likeness (QED) is 0.785. The van der Waals surface area contributed by atoms with Gasteiger partial charge in [-0.15, -0.1) is 0 Å². The zero-order chi connectivity index (χ0) is 10.7. The zero-order valence-electron chi connectivity index (χ0n) is 8.17. The maximum Gasteiger partial charge on any atom is 0.309 e. The van der Waals surface area contributed by atoms with Crippen LogP contribution in [0.15, 0.2) is 18.6 Å². The fourth-order valence-electron chi connectivity index (χ4n) is 1.79. The third kappa shape index (κ3) is 2.12. The zero-order valence-corrected chi connectivity index (χ0v) is 8.17. The number of hydrogen-bond acceptors (Lipinski definition) is 4. The third-order valence-electron chi connectivity index (χ3n) is 2.54. The predicted molar refractivity (Wildman–Crippen MR) is 51.1 cm³/mol. The molecule has 0 saturated carbocycles. The molecule has 0 amide bonds. The lowest BCUT2D eigenvalue weighted by Crippen LogP contribution is -2.29. The van der Waals surface area contributed by atoms with Crippen molar-refractivity contribution in [3.05, 3.63) is 24.3 Å². The highest BCUT2D eigenvalue weighted by molar-refractivity contribution is 5.71. The molecule has 2 rings (SSSR count). The summed E-state index contributed by atoms with van der Waals surface area (Å²) >= 11 is 0. The summed E-state index contributed by atoms with van der Waals surface area (Å²) in [4.78, 5) is 18.8. The molecule has 0 radical (unpaired) electrons. The van der Waals surface area contributed by atoms with E-state index >= 15 is 0 Å². The number of aromatic nitrogens is 2. The van der Waals surface area contributed by atoms with Crippen LogP contribution in [0.2, 0.25) is 0 Å². The summed E-state index contributed by atoms with van der Waals surface area (Å²) in [6, 6.07) is 1.70. The van der Waals surface area contributed by atoms with E-state index < -0.39 is 18.0 Å². The lowest BCUT2D eigenvalue weighted by Gasteiger charge is -2.28. The number of carboxylic acid groups (broad SMARTS) is 1. The molecule has 1 aliphatic heterocycles. The Bertz CT molecular complexity index is 342. The predicted octanol–water partition coefficient (Wildman–Crippen LogP) is 1.03. The van der Waals surface area contributed by atoms with Crippen LogP contribution in [0.25, 0.3) is 0 Å². The normalized spacial score (nSPS) is 26.1. The summed E-state index contributed by atoms with van der Waals surface area (Å²) in [7, 11) is 0. The van der Waals surface area contributed by atoms with Crippen molar-refractivity contribution in [1.29, 1.82) is 0 Å². The molecule has 1 N–H and O–H groups in total. The van der Waals surface area contributed by atoms with Crippen LogP contribution in [0.3, 0.4) is 0 Å². The number of ether oxygens (including phenoxy) is 1. The van der Waals surface area contributed by atoms with Crippen molar-refractivity contribution in [2.45, 2.75) is 18.9 Å². The first kappa shape index (κ1) is 10.0. The molecule has 1 aliphatic rings. The standard InChI is InChI=1S/C10H12N2O3/c13-10(14)7-2-1-5-15-9(7)8-3-4-11-6-12-8/h3-4,6-7,9H,1-2,5H2,(H,13,14). The summed E-state index contributed by atoms with van der Waals surface area (Å²) in [6.07, 6.45) is 4.01. The Hall–Kier alpha value is -1.49. The van der Waals surface area contributed by atoms with Crippen LogP contribution in [0, 0.1) is 5.92 Å². The molecule has 5 nitrogen and oxygen atoms in total. The third-order valence-corrected chi connectivity index (χ3v) is 2.54. The first-order valence-electron chi connectivity index (χ1n) is 4.89. The van der Waals surface area contributed by atoms with Gasteiger partial charge >= 0.3 is 5.97 Å². The second-order valence-electron chi connectivity index (χ2n) is 3.51. The maximum atomic E-state index is 11.0. The Balaban J connectivity index is 2.22. The molecule has 0 bridgehead atoms. The van der Waals surface area contributed by atoms with Crippen molar-refractivity contribution in [1.82, 2.24) is 9.97 Å². The van der Waals surface area contributed by atoms with Gasteiger partial charge in [-0.05, 0) is 18.9 Å². The van der Waals surface area contributed by atoms with E-state index in [2.05, 4.69) is 9.97 Å². The average molecular weight is 208 g/mol. The van der Waals surface area contributed by atoms with Gasteiger partial charge in [-0.2, -0.15) is 0 Å². The lowest BCUT2D eigenvalue weighted by atomic mass is 9.92. The molecule has 2 heterocycles. The molecule has 0 spiro atoms. The van der Waals surface area contributed by atoms with Crippen molar-refractivity contribution in [3.63, 3.8) is 0 Å². The van der Waals surface area contributed by atoms with Gasteiger partial charge in [0.25, 0.3) is 0 Å². The number of hydrogen-bond donors (Lipinski definition) is 1. The average Bonchev–Trinajstić information content (AvgIpc) is 2.30. The van der Waals surface area contributed by atoms with Gasteiger partial charge in [0, 0.05) is 12.8 Å². The largest absolute Gasteiger partial charge is 0.481 e. The molecule has 0 aromatic carbocycles. The van der Waals surface area contributed by atoms with Crippen LogP contribution >= 0.6 is 0 Å². The van der Waals surface area contributed by atoms with Gasteiger partial charge in [0.15, 0.2) is 0 Å². The van der Waals surface area contributed by atoms with Crippen LogP contribution < -0.4 is 0 Å². The van der Waals surface area contributed by atoms with Gasteiger partial charge in [0.05, 0.1) is 11.6 Å². The van der Waals surface area contributed by atoms with Gasteiger partial charge in [-0.1, -0.05) is 0 Å². The minimum atomic E-state index is -0.821. The maximum absolute atomic E-state index is 11.0. The van der Waals surface area contributed by atoms with Crippen LogP contribution in [-0.4, -0.2) is 27.7 Å². The first-order chi connectivity index (χ1) is 7.29. The summed E-state index contributed by atoms with van der Waals surface area (Å²) in [5, 5.41) is 9.05. The van der Waals surface area contributed by atoms with Crippen molar-refractivity contribution in [2.75, 3.05) is 6.61 Å². The minimum absolute atomic E-state index is 0.431. The molecular weight excluding hydrogens is 196 g/mol. The monoisotopic (exact) mass is 208 g/mol. The molecule has 1 saturated heterocycles. The van der Waals surface area contributed by atoms with Gasteiger partial charge in [-0.3, -0.25) is 4.79 Å². The van der Waals surface area contributed by atoms with Crippen molar-refractivity contribution < 1.29 is 14.6 Å². The highest BCUT2D eigenvalue weighted by Crippen LogP contribution is 2.32. The molecule has 1 aromatic heterocycles. The fourth-order valence-corrected chi connectivity index (χ4v) is 1.79. The SMILES string of the molecule is O=C(O)C1CCCOC1c1ccncn1. The van der Waals surface area contributed by atoms with Crippen molar-refractivity contribution in [3.8, 4) is 0 Å². The summed E-state index contributed by atoms with van der Waals surface area (Å²) in [6.45, 7) is 0.596. The van der Waals surface area contributed by atoms with E-state index in [0.717, 1.165) is 6.42 Å². The Morgan fingerprint density at radius 1 is 1.60 bits per heavy atom. The van der Waals surface area contributed by atoms with E-state index in [4.69, 9.17) is 9.84 Å². The fraction of sp³-hybridized carbons (Fsp3) is 0.500. The van der Waals surface area contributed by atoms with Crippen molar-refractivity contribution >= 4 is 5.97 Å². The van der Waals surface area contributed by atoms with Crippen molar-refractivity contribution in [2.24, 2.45) is 5.92 Å². The van der Waals surface area contributed by atoms with E-state index in [1.807, 2.05) is 0 Å². The van der Waals surface area contributed by atoms with E-state index in [1.54, 1.807) is 12.3 Å². The molecule has 1 aromatic rings. The second kappa shape index (κ2) is 4.35. The molecule has 2 unspecified atom stereocenters. The highest BCUT2D eigenvalue weighted by atomic mass is 16.5. The van der Waals surface area contributed by atoms with Gasteiger partial charge in [0.2, 0.25) is 0 Å². The summed E-state index contributed by atoms with van der Waals surface area (Å²) in [5.41, 5.74) is 0.650. The van der Waals surface area contributed by atoms with E-state index in [0.29, 0.717) is 18.7 Å². The van der Waals surface area contributed by atoms with Crippen LogP contribution in [-0.2, 0) is 9.53 Å². The molecular formula is C10H12N2O3. The Kier molecular flexibility index (Phi) is 2.91. The van der Waals surface area contributed by atoms with E-state index in [9.17, 15) is 4.79 Å². The number of carboxylic acids is 1. The van der Waals surface area contributed by atoms with Gasteiger partial charge in [0.1, 0.15) is 12.4 Å². The van der Waals surface area contributed by atoms with Crippen LogP contribution in [0.5, 0.6) is 0 Å². The Morgan fingerprint density at radius 2 is 2.47 bits per heavy atom. The molecule has 0 aliphatic carbocycles. The topological polar surface area (TPSA) is 72.3 Å². The number of rotatable bonds is 2. The molecule has 80 valence electrons. The van der Waals surface area contributed by atoms with Gasteiger partial charge < -0.3 is 9.84 Å². The number of carbonyl (C=O) groups is 1. The Morgan fingerprint density at radius 3 is 3.13 bits per heavy atom. The van der Waals surface area contributed by atoms with Crippen LogP contribution in [0.4, 0.5) is 0 Å². The van der Waals surface area contributed by atoms with Crippen LogP contribution in [0.1, 0.15) is 24.6 Å². The first-order valence-corrected chi connectivity index (χ1v) is 4.89. The number of nitrogens with zero attached hydrogens (tertiary/aromatic N) is 2. The molecule has 1 fully saturated rings. The molecule has 2 atom stereocenters. The Labute approximate surface area is 87.1 Å². The molecule has 5 heteroatoms. The lowest BCUT2D eigenvalue weighted by molar-refractivity contribution is -0.152. The summed E-state index contributed by atoms with van der Waals surface area (Å²) < 4.78 is 5.47. The van der Waals surface area contributed by atoms with Gasteiger partial charge in [-0.25, -0.2) is 9.97 Å². The van der Waals surface area contributed by atoms with E-state index in [-0.39, 0.29) is 0 Å². The number of aliphatic carboxylic acids is 1. The smallest absolute Gasteiger partial charge is 0.309 e.